The van der Waals surface area contributed by atoms with Crippen LogP contribution in [-0.2, 0) is 6.54 Å². The number of nitrogens with one attached hydrogen (secondary N) is 2. The van der Waals surface area contributed by atoms with Gasteiger partial charge in [0.25, 0.3) is 5.91 Å². The van der Waals surface area contributed by atoms with Crippen LogP contribution in [0.3, 0.4) is 0 Å². The minimum atomic E-state index is -0.266. The Kier molecular flexibility index (Phi) is 5.26. The predicted molar refractivity (Wildman–Crippen MR) is 99.1 cm³/mol. The van der Waals surface area contributed by atoms with Crippen LogP contribution in [0.1, 0.15) is 21.6 Å². The van der Waals surface area contributed by atoms with Gasteiger partial charge < -0.3 is 10.6 Å². The zero-order valence-electron chi connectivity index (χ0n) is 13.7. The number of hydrogen-bond donors (Lipinski definition) is 2. The lowest BCUT2D eigenvalue weighted by Gasteiger charge is -2.08. The van der Waals surface area contributed by atoms with E-state index in [0.717, 1.165) is 11.3 Å². The molecule has 6 heteroatoms. The van der Waals surface area contributed by atoms with Gasteiger partial charge in [-0.1, -0.05) is 53.6 Å². The van der Waals surface area contributed by atoms with Gasteiger partial charge in [0, 0.05) is 6.54 Å². The first kappa shape index (κ1) is 16.9. The first-order valence-corrected chi connectivity index (χ1v) is 8.17. The largest absolute Gasteiger partial charge is 0.347 e. The maximum Gasteiger partial charge on any atom is 0.271 e. The van der Waals surface area contributed by atoms with Gasteiger partial charge in [-0.3, -0.25) is 4.79 Å². The summed E-state index contributed by atoms with van der Waals surface area (Å²) in [6.07, 6.45) is 2.94. The molecule has 1 aromatic heterocycles. The van der Waals surface area contributed by atoms with Crippen LogP contribution in [0.5, 0.6) is 0 Å². The number of aryl methyl sites for hydroxylation is 1. The first-order valence-electron chi connectivity index (χ1n) is 7.79. The Hall–Kier alpha value is -2.92. The molecule has 2 aromatic carbocycles. The molecular formula is C19H17ClN4O. The van der Waals surface area contributed by atoms with Crippen LogP contribution in [0.2, 0.25) is 5.02 Å². The maximum atomic E-state index is 12.2. The van der Waals surface area contributed by atoms with Gasteiger partial charge in [-0.15, -0.1) is 0 Å². The van der Waals surface area contributed by atoms with Crippen molar-refractivity contribution < 1.29 is 4.79 Å². The Morgan fingerprint density at radius 3 is 2.48 bits per heavy atom. The zero-order chi connectivity index (χ0) is 17.6. The fraction of sp³-hybridized carbons (Fsp3) is 0.105. The smallest absolute Gasteiger partial charge is 0.271 e. The highest BCUT2D eigenvalue weighted by Crippen LogP contribution is 2.23. The Morgan fingerprint density at radius 2 is 1.80 bits per heavy atom. The summed E-state index contributed by atoms with van der Waals surface area (Å²) in [5.41, 5.74) is 3.21. The number of aromatic nitrogens is 2. The van der Waals surface area contributed by atoms with Crippen LogP contribution in [0.15, 0.2) is 60.9 Å². The standard InChI is InChI=1S/C19H17ClN4O/c1-13-6-8-14(9-7-13)10-23-19(25)17-11-22-18(12-21-17)24-16-5-3-2-4-15(16)20/h2-9,11-12H,10H2,1H3,(H,22,24)(H,23,25). The quantitative estimate of drug-likeness (QED) is 0.725. The van der Waals surface area contributed by atoms with Crippen molar-refractivity contribution in [1.29, 1.82) is 0 Å². The van der Waals surface area contributed by atoms with Crippen molar-refractivity contribution >= 4 is 29.0 Å². The summed E-state index contributed by atoms with van der Waals surface area (Å²) in [7, 11) is 0. The molecule has 0 aliphatic rings. The van der Waals surface area contributed by atoms with Gasteiger partial charge in [0.15, 0.2) is 0 Å². The molecule has 3 rings (SSSR count). The number of amides is 1. The normalized spacial score (nSPS) is 10.3. The Balaban J connectivity index is 1.60. The second kappa shape index (κ2) is 7.77. The summed E-state index contributed by atoms with van der Waals surface area (Å²) in [6.45, 7) is 2.47. The minimum Gasteiger partial charge on any atom is -0.347 e. The van der Waals surface area contributed by atoms with Crippen molar-refractivity contribution in [2.75, 3.05) is 5.32 Å². The summed E-state index contributed by atoms with van der Waals surface area (Å²) < 4.78 is 0. The molecule has 0 saturated carbocycles. The minimum absolute atomic E-state index is 0.261. The van der Waals surface area contributed by atoms with E-state index in [9.17, 15) is 4.79 Å². The number of hydrogen-bond acceptors (Lipinski definition) is 4. The molecule has 2 N–H and O–H groups in total. The Morgan fingerprint density at radius 1 is 1.04 bits per heavy atom. The fourth-order valence-corrected chi connectivity index (χ4v) is 2.37. The van der Waals surface area contributed by atoms with Gasteiger partial charge in [-0.05, 0) is 24.6 Å². The van der Waals surface area contributed by atoms with E-state index in [2.05, 4.69) is 20.6 Å². The van der Waals surface area contributed by atoms with Crippen LogP contribution in [0, 0.1) is 6.92 Å². The van der Waals surface area contributed by atoms with E-state index in [1.165, 1.54) is 18.0 Å². The predicted octanol–water partition coefficient (Wildman–Crippen LogP) is 4.11. The average Bonchev–Trinajstić information content (AvgIpc) is 2.63. The third-order valence-electron chi connectivity index (χ3n) is 3.59. The van der Waals surface area contributed by atoms with E-state index in [4.69, 9.17) is 11.6 Å². The highest BCUT2D eigenvalue weighted by atomic mass is 35.5. The topological polar surface area (TPSA) is 66.9 Å². The number of benzene rings is 2. The van der Waals surface area contributed by atoms with Gasteiger partial charge >= 0.3 is 0 Å². The molecule has 5 nitrogen and oxygen atoms in total. The lowest BCUT2D eigenvalue weighted by molar-refractivity contribution is 0.0945. The van der Waals surface area contributed by atoms with Gasteiger partial charge in [0.2, 0.25) is 0 Å². The summed E-state index contributed by atoms with van der Waals surface area (Å²) in [6, 6.07) is 15.3. The monoisotopic (exact) mass is 352 g/mol. The molecule has 0 saturated heterocycles. The number of carbonyl (C=O) groups is 1. The van der Waals surface area contributed by atoms with E-state index in [-0.39, 0.29) is 11.6 Å². The van der Waals surface area contributed by atoms with Gasteiger partial charge in [0.05, 0.1) is 23.1 Å². The van der Waals surface area contributed by atoms with Crippen LogP contribution in [-0.4, -0.2) is 15.9 Å². The van der Waals surface area contributed by atoms with E-state index in [1.54, 1.807) is 6.07 Å². The zero-order valence-corrected chi connectivity index (χ0v) is 14.4. The lowest BCUT2D eigenvalue weighted by atomic mass is 10.1. The average molecular weight is 353 g/mol. The Bertz CT molecular complexity index is 863. The second-order valence-electron chi connectivity index (χ2n) is 5.56. The van der Waals surface area contributed by atoms with E-state index in [1.807, 2.05) is 49.4 Å². The number of halogens is 1. The molecule has 0 atom stereocenters. The van der Waals surface area contributed by atoms with Gasteiger partial charge in [0.1, 0.15) is 11.5 Å². The van der Waals surface area contributed by atoms with E-state index in [0.29, 0.717) is 17.4 Å². The third-order valence-corrected chi connectivity index (χ3v) is 3.92. The molecular weight excluding hydrogens is 336 g/mol. The van der Waals surface area contributed by atoms with Crippen molar-refractivity contribution in [2.45, 2.75) is 13.5 Å². The highest BCUT2D eigenvalue weighted by molar-refractivity contribution is 6.33. The van der Waals surface area contributed by atoms with Crippen molar-refractivity contribution in [1.82, 2.24) is 15.3 Å². The number of rotatable bonds is 5. The van der Waals surface area contributed by atoms with Crippen molar-refractivity contribution in [3.63, 3.8) is 0 Å². The molecule has 0 unspecified atom stereocenters. The maximum absolute atomic E-state index is 12.2. The van der Waals surface area contributed by atoms with Crippen LogP contribution >= 0.6 is 11.6 Å². The summed E-state index contributed by atoms with van der Waals surface area (Å²) in [5.74, 6) is 0.251. The van der Waals surface area contributed by atoms with Gasteiger partial charge in [-0.25, -0.2) is 9.97 Å². The molecule has 0 fully saturated rings. The van der Waals surface area contributed by atoms with Gasteiger partial charge in [-0.2, -0.15) is 0 Å². The van der Waals surface area contributed by atoms with E-state index < -0.39 is 0 Å². The number of carbonyl (C=O) groups excluding carboxylic acids is 1. The molecule has 1 heterocycles. The summed E-state index contributed by atoms with van der Waals surface area (Å²) >= 11 is 6.09. The molecule has 0 bridgehead atoms. The first-order chi connectivity index (χ1) is 12.1. The molecule has 0 spiro atoms. The van der Waals surface area contributed by atoms with Crippen molar-refractivity contribution in [2.24, 2.45) is 0 Å². The second-order valence-corrected chi connectivity index (χ2v) is 5.97. The Labute approximate surface area is 151 Å². The molecule has 1 amide bonds. The number of nitrogens with zero attached hydrogens (tertiary/aromatic N) is 2. The summed E-state index contributed by atoms with van der Waals surface area (Å²) in [4.78, 5) is 20.5. The molecule has 3 aromatic rings. The molecule has 25 heavy (non-hydrogen) atoms. The number of anilines is 2. The summed E-state index contributed by atoms with van der Waals surface area (Å²) in [5, 5.41) is 6.48. The highest BCUT2D eigenvalue weighted by Gasteiger charge is 2.08. The van der Waals surface area contributed by atoms with Crippen LogP contribution in [0.25, 0.3) is 0 Å². The third kappa shape index (κ3) is 4.55. The number of para-hydroxylation sites is 1. The van der Waals surface area contributed by atoms with Crippen LogP contribution in [0.4, 0.5) is 11.5 Å². The fourth-order valence-electron chi connectivity index (χ4n) is 2.19. The molecule has 0 aliphatic heterocycles. The van der Waals surface area contributed by atoms with E-state index >= 15 is 0 Å². The molecule has 0 aliphatic carbocycles. The van der Waals surface area contributed by atoms with Crippen molar-refractivity contribution in [3.8, 4) is 0 Å². The molecule has 126 valence electrons. The van der Waals surface area contributed by atoms with Crippen molar-refractivity contribution in [3.05, 3.63) is 82.8 Å². The SMILES string of the molecule is Cc1ccc(CNC(=O)c2cnc(Nc3ccccc3Cl)cn2)cc1. The molecule has 0 radical (unpaired) electrons. The lowest BCUT2D eigenvalue weighted by Crippen LogP contribution is -2.24. The van der Waals surface area contributed by atoms with Crippen LogP contribution < -0.4 is 10.6 Å².